The van der Waals surface area contributed by atoms with Crippen molar-refractivity contribution in [2.45, 2.75) is 0 Å². The zero-order valence-electron chi connectivity index (χ0n) is 29.9. The van der Waals surface area contributed by atoms with Gasteiger partial charge >= 0.3 is 0 Å². The van der Waals surface area contributed by atoms with E-state index < -0.39 is 0 Å². The molecule has 0 amide bonds. The number of nitrogens with zero attached hydrogens (tertiary/aromatic N) is 4. The van der Waals surface area contributed by atoms with Crippen molar-refractivity contribution in [3.05, 3.63) is 206 Å². The number of aromatic nitrogens is 4. The number of hydrogen-bond acceptors (Lipinski definition) is 1. The molecule has 3 heterocycles. The fourth-order valence-electron chi connectivity index (χ4n) is 8.36. The molecule has 4 nitrogen and oxygen atoms in total. The van der Waals surface area contributed by atoms with Crippen LogP contribution in [0.3, 0.4) is 0 Å². The van der Waals surface area contributed by atoms with Crippen LogP contribution in [0.1, 0.15) is 0 Å². The first-order valence-corrected chi connectivity index (χ1v) is 18.7. The van der Waals surface area contributed by atoms with Gasteiger partial charge < -0.3 is 4.57 Å². The SMILES string of the molecule is c1ccc(-c2cccc(-n3c4ccccc4c4cc(-c5nc6n(-c7cccc(-c8ccccc8)c7)c7ccccc7n6c5-c5ccccc5)ccc43)c2)cc1. The monoisotopic (exact) mass is 702 g/mol. The number of imidazole rings is 2. The summed E-state index contributed by atoms with van der Waals surface area (Å²) in [5, 5.41) is 2.40. The molecule has 3 aromatic heterocycles. The third-order valence-corrected chi connectivity index (χ3v) is 10.8. The van der Waals surface area contributed by atoms with Gasteiger partial charge in [-0.1, -0.05) is 152 Å². The minimum absolute atomic E-state index is 0.875. The number of hydrogen-bond donors (Lipinski definition) is 0. The van der Waals surface area contributed by atoms with Crippen molar-refractivity contribution in [2.24, 2.45) is 0 Å². The second-order valence-corrected chi connectivity index (χ2v) is 14.1. The first-order valence-electron chi connectivity index (χ1n) is 18.7. The molecule has 0 fully saturated rings. The van der Waals surface area contributed by atoms with E-state index in [-0.39, 0.29) is 0 Å². The van der Waals surface area contributed by atoms with Gasteiger partial charge in [-0.2, -0.15) is 0 Å². The third-order valence-electron chi connectivity index (χ3n) is 10.8. The molecule has 0 N–H and O–H groups in total. The van der Waals surface area contributed by atoms with Crippen LogP contribution in [0.4, 0.5) is 0 Å². The minimum Gasteiger partial charge on any atom is -0.309 e. The van der Waals surface area contributed by atoms with Gasteiger partial charge in [-0.25, -0.2) is 4.98 Å². The van der Waals surface area contributed by atoms with Gasteiger partial charge in [0, 0.05) is 33.3 Å². The summed E-state index contributed by atoms with van der Waals surface area (Å²) in [6.45, 7) is 0. The topological polar surface area (TPSA) is 27.2 Å². The fourth-order valence-corrected chi connectivity index (χ4v) is 8.36. The van der Waals surface area contributed by atoms with Crippen molar-refractivity contribution in [1.82, 2.24) is 18.5 Å². The maximum atomic E-state index is 5.59. The average Bonchev–Trinajstić information content (AvgIpc) is 3.92. The van der Waals surface area contributed by atoms with Gasteiger partial charge in [0.2, 0.25) is 5.78 Å². The standard InChI is InChI=1S/C51H34N4/c1-4-16-35(17-5-1)38-22-14-24-41(32-38)53-45-27-11-10-26-43(45)44-34-40(30-31-46(44)53)49-50(37-20-8-3-9-21-37)55-48-29-13-12-28-47(48)54(51(55)52-49)42-25-15-23-39(33-42)36-18-6-2-7-19-36/h1-34H. The summed E-state index contributed by atoms with van der Waals surface area (Å²) in [6, 6.07) is 73.7. The molecule has 11 aromatic rings. The van der Waals surface area contributed by atoms with Crippen LogP contribution in [-0.2, 0) is 0 Å². The molecule has 0 bridgehead atoms. The van der Waals surface area contributed by atoms with Crippen molar-refractivity contribution in [3.63, 3.8) is 0 Å². The lowest BCUT2D eigenvalue weighted by molar-refractivity contribution is 1.10. The maximum absolute atomic E-state index is 5.59. The minimum atomic E-state index is 0.875. The normalized spacial score (nSPS) is 11.6. The van der Waals surface area contributed by atoms with E-state index in [0.29, 0.717) is 0 Å². The van der Waals surface area contributed by atoms with E-state index in [1.54, 1.807) is 0 Å². The third kappa shape index (κ3) is 5.03. The quantitative estimate of drug-likeness (QED) is 0.169. The van der Waals surface area contributed by atoms with Gasteiger partial charge in [0.15, 0.2) is 0 Å². The molecule has 0 aliphatic rings. The lowest BCUT2D eigenvalue weighted by Gasteiger charge is -2.11. The Morgan fingerprint density at radius 1 is 0.309 bits per heavy atom. The van der Waals surface area contributed by atoms with Crippen LogP contribution >= 0.6 is 0 Å². The first-order chi connectivity index (χ1) is 27.3. The predicted octanol–water partition coefficient (Wildman–Crippen LogP) is 13.0. The average molecular weight is 703 g/mol. The van der Waals surface area contributed by atoms with Crippen LogP contribution in [0.15, 0.2) is 206 Å². The Labute approximate surface area is 318 Å². The summed E-state index contributed by atoms with van der Waals surface area (Å²) in [5.74, 6) is 0.875. The van der Waals surface area contributed by atoms with Crippen LogP contribution in [-0.4, -0.2) is 18.5 Å². The van der Waals surface area contributed by atoms with Gasteiger partial charge in [0.1, 0.15) is 0 Å². The Kier molecular flexibility index (Phi) is 7.14. The van der Waals surface area contributed by atoms with Crippen molar-refractivity contribution in [3.8, 4) is 56.1 Å². The molecule has 8 aromatic carbocycles. The highest BCUT2D eigenvalue weighted by molar-refractivity contribution is 6.11. The van der Waals surface area contributed by atoms with Crippen molar-refractivity contribution in [2.75, 3.05) is 0 Å². The van der Waals surface area contributed by atoms with E-state index in [1.165, 1.54) is 38.5 Å². The van der Waals surface area contributed by atoms with E-state index in [4.69, 9.17) is 4.98 Å². The highest BCUT2D eigenvalue weighted by Crippen LogP contribution is 2.41. The second kappa shape index (κ2) is 12.6. The van der Waals surface area contributed by atoms with Crippen LogP contribution in [0.5, 0.6) is 0 Å². The number of fused-ring (bicyclic) bond motifs is 6. The number of para-hydroxylation sites is 3. The van der Waals surface area contributed by atoms with Crippen molar-refractivity contribution >= 4 is 38.6 Å². The van der Waals surface area contributed by atoms with Gasteiger partial charge in [-0.3, -0.25) is 8.97 Å². The second-order valence-electron chi connectivity index (χ2n) is 14.1. The van der Waals surface area contributed by atoms with E-state index in [9.17, 15) is 0 Å². The molecule has 0 atom stereocenters. The van der Waals surface area contributed by atoms with Crippen LogP contribution < -0.4 is 0 Å². The lowest BCUT2D eigenvalue weighted by atomic mass is 10.0. The first kappa shape index (κ1) is 31.1. The Hall–Kier alpha value is -7.43. The summed E-state index contributed by atoms with van der Waals surface area (Å²) in [7, 11) is 0. The Bertz CT molecular complexity index is 3190. The summed E-state index contributed by atoms with van der Waals surface area (Å²) in [6.07, 6.45) is 0. The highest BCUT2D eigenvalue weighted by atomic mass is 15.2. The molecular formula is C51H34N4. The molecular weight excluding hydrogens is 669 g/mol. The Morgan fingerprint density at radius 2 is 0.818 bits per heavy atom. The van der Waals surface area contributed by atoms with Crippen molar-refractivity contribution in [1.29, 1.82) is 0 Å². The predicted molar refractivity (Wildman–Crippen MR) is 228 cm³/mol. The zero-order valence-corrected chi connectivity index (χ0v) is 29.9. The zero-order chi connectivity index (χ0) is 36.3. The molecule has 4 heteroatoms. The van der Waals surface area contributed by atoms with Crippen LogP contribution in [0, 0.1) is 0 Å². The molecule has 0 saturated carbocycles. The van der Waals surface area contributed by atoms with Gasteiger partial charge in [-0.15, -0.1) is 0 Å². The molecule has 0 aliphatic carbocycles. The Balaban J connectivity index is 1.16. The summed E-state index contributed by atoms with van der Waals surface area (Å²) < 4.78 is 7.05. The summed E-state index contributed by atoms with van der Waals surface area (Å²) >= 11 is 0. The number of rotatable bonds is 6. The fraction of sp³-hybridized carbons (Fsp3) is 0. The van der Waals surface area contributed by atoms with Gasteiger partial charge in [0.25, 0.3) is 0 Å². The van der Waals surface area contributed by atoms with E-state index in [1.807, 2.05) is 0 Å². The highest BCUT2D eigenvalue weighted by Gasteiger charge is 2.24. The largest absolute Gasteiger partial charge is 0.309 e. The van der Waals surface area contributed by atoms with E-state index >= 15 is 0 Å². The van der Waals surface area contributed by atoms with Gasteiger partial charge in [0.05, 0.1) is 33.5 Å². The number of benzene rings is 8. The van der Waals surface area contributed by atoms with Crippen LogP contribution in [0.2, 0.25) is 0 Å². The van der Waals surface area contributed by atoms with Crippen LogP contribution in [0.25, 0.3) is 94.8 Å². The summed E-state index contributed by atoms with van der Waals surface area (Å²) in [4.78, 5) is 5.59. The molecule has 258 valence electrons. The molecule has 55 heavy (non-hydrogen) atoms. The maximum Gasteiger partial charge on any atom is 0.220 e. The smallest absolute Gasteiger partial charge is 0.220 e. The van der Waals surface area contributed by atoms with E-state index in [2.05, 4.69) is 220 Å². The van der Waals surface area contributed by atoms with Gasteiger partial charge in [-0.05, 0) is 76.9 Å². The molecule has 0 aliphatic heterocycles. The molecule has 11 rings (SSSR count). The lowest BCUT2D eigenvalue weighted by Crippen LogP contribution is -1.96. The summed E-state index contributed by atoms with van der Waals surface area (Å²) in [5.41, 5.74) is 15.7. The molecule has 0 radical (unpaired) electrons. The van der Waals surface area contributed by atoms with Crippen molar-refractivity contribution < 1.29 is 0 Å². The molecule has 0 unspecified atom stereocenters. The molecule has 0 spiro atoms. The Morgan fingerprint density at radius 3 is 1.47 bits per heavy atom. The molecule has 0 saturated heterocycles. The van der Waals surface area contributed by atoms with E-state index in [0.717, 1.165) is 56.2 Å².